The molecular formula is C15H22N2OS. The smallest absolute Gasteiger partial charge is 0.120 e. The molecule has 104 valence electrons. The molecule has 1 fully saturated rings. The van der Waals surface area contributed by atoms with Crippen LogP contribution in [0.5, 0.6) is 5.75 Å². The monoisotopic (exact) mass is 278 g/mol. The second-order valence-electron chi connectivity index (χ2n) is 5.39. The summed E-state index contributed by atoms with van der Waals surface area (Å²) in [5.74, 6) is 1.61. The van der Waals surface area contributed by atoms with Crippen molar-refractivity contribution in [2.24, 2.45) is 11.7 Å². The maximum absolute atomic E-state index is 5.79. The van der Waals surface area contributed by atoms with Crippen LogP contribution in [0, 0.1) is 5.92 Å². The van der Waals surface area contributed by atoms with Crippen molar-refractivity contribution < 1.29 is 4.74 Å². The minimum Gasteiger partial charge on any atom is -0.497 e. The zero-order chi connectivity index (χ0) is 13.8. The van der Waals surface area contributed by atoms with Crippen LogP contribution in [-0.4, -0.2) is 18.1 Å². The molecule has 3 N–H and O–H groups in total. The molecule has 0 aliphatic heterocycles. The van der Waals surface area contributed by atoms with Crippen LogP contribution in [0.2, 0.25) is 0 Å². The normalized spacial score (nSPS) is 22.8. The number of anilines is 1. The molecular weight excluding hydrogens is 256 g/mol. The Morgan fingerprint density at radius 2 is 2.21 bits per heavy atom. The molecule has 0 amide bonds. The van der Waals surface area contributed by atoms with Crippen molar-refractivity contribution >= 4 is 22.9 Å². The lowest BCUT2D eigenvalue weighted by atomic mass is 9.87. The average Bonchev–Trinajstić information content (AvgIpc) is 2.38. The summed E-state index contributed by atoms with van der Waals surface area (Å²) < 4.78 is 5.28. The van der Waals surface area contributed by atoms with E-state index in [1.165, 1.54) is 25.7 Å². The minimum absolute atomic E-state index is 0.425. The third kappa shape index (κ3) is 3.60. The van der Waals surface area contributed by atoms with E-state index in [1.54, 1.807) is 7.11 Å². The van der Waals surface area contributed by atoms with Gasteiger partial charge in [0.25, 0.3) is 0 Å². The number of hydrogen-bond donors (Lipinski definition) is 2. The summed E-state index contributed by atoms with van der Waals surface area (Å²) in [7, 11) is 1.67. The SMILES string of the molecule is COc1ccc(C(N)=S)c(NC2CCCC(C)C2)c1. The number of thiocarbonyl (C=S) groups is 1. The average molecular weight is 278 g/mol. The van der Waals surface area contributed by atoms with Crippen molar-refractivity contribution in [3.8, 4) is 5.75 Å². The number of benzene rings is 1. The summed E-state index contributed by atoms with van der Waals surface area (Å²) in [6.07, 6.45) is 5.02. The Bertz CT molecular complexity index is 461. The summed E-state index contributed by atoms with van der Waals surface area (Å²) >= 11 is 5.12. The molecule has 19 heavy (non-hydrogen) atoms. The van der Waals surface area contributed by atoms with Gasteiger partial charge in [0, 0.05) is 23.4 Å². The first kappa shape index (κ1) is 14.1. The van der Waals surface area contributed by atoms with Gasteiger partial charge in [0.2, 0.25) is 0 Å². The number of methoxy groups -OCH3 is 1. The van der Waals surface area contributed by atoms with E-state index in [-0.39, 0.29) is 0 Å². The van der Waals surface area contributed by atoms with E-state index < -0.39 is 0 Å². The fourth-order valence-corrected chi connectivity index (χ4v) is 2.95. The van der Waals surface area contributed by atoms with Crippen molar-refractivity contribution in [1.82, 2.24) is 0 Å². The van der Waals surface area contributed by atoms with Crippen LogP contribution >= 0.6 is 12.2 Å². The van der Waals surface area contributed by atoms with Crippen LogP contribution in [0.15, 0.2) is 18.2 Å². The van der Waals surface area contributed by atoms with Gasteiger partial charge in [-0.1, -0.05) is 32.0 Å². The summed E-state index contributed by atoms with van der Waals surface area (Å²) in [6.45, 7) is 2.31. The van der Waals surface area contributed by atoms with E-state index in [0.717, 1.165) is 22.9 Å². The highest BCUT2D eigenvalue weighted by molar-refractivity contribution is 7.80. The molecule has 1 aromatic carbocycles. The number of hydrogen-bond acceptors (Lipinski definition) is 3. The largest absolute Gasteiger partial charge is 0.497 e. The maximum Gasteiger partial charge on any atom is 0.120 e. The zero-order valence-corrected chi connectivity index (χ0v) is 12.4. The Kier molecular flexibility index (Phi) is 4.64. The van der Waals surface area contributed by atoms with Crippen molar-refractivity contribution in [3.05, 3.63) is 23.8 Å². The second-order valence-corrected chi connectivity index (χ2v) is 5.83. The van der Waals surface area contributed by atoms with Crippen LogP contribution in [0.1, 0.15) is 38.2 Å². The van der Waals surface area contributed by atoms with Gasteiger partial charge in [0.15, 0.2) is 0 Å². The van der Waals surface area contributed by atoms with E-state index in [2.05, 4.69) is 12.2 Å². The number of nitrogens with one attached hydrogen (secondary N) is 1. The first-order valence-corrected chi connectivity index (χ1v) is 7.25. The van der Waals surface area contributed by atoms with Gasteiger partial charge in [-0.25, -0.2) is 0 Å². The van der Waals surface area contributed by atoms with E-state index >= 15 is 0 Å². The van der Waals surface area contributed by atoms with E-state index in [9.17, 15) is 0 Å². The highest BCUT2D eigenvalue weighted by Gasteiger charge is 2.20. The van der Waals surface area contributed by atoms with Gasteiger partial charge >= 0.3 is 0 Å². The van der Waals surface area contributed by atoms with E-state index in [1.807, 2.05) is 18.2 Å². The van der Waals surface area contributed by atoms with E-state index in [4.69, 9.17) is 22.7 Å². The first-order valence-electron chi connectivity index (χ1n) is 6.84. The Labute approximate surface area is 120 Å². The fourth-order valence-electron chi connectivity index (χ4n) is 2.77. The Hall–Kier alpha value is -1.29. The molecule has 2 unspecified atom stereocenters. The van der Waals surface area contributed by atoms with Crippen LogP contribution in [-0.2, 0) is 0 Å². The molecule has 0 spiro atoms. The molecule has 3 nitrogen and oxygen atoms in total. The lowest BCUT2D eigenvalue weighted by Gasteiger charge is -2.29. The fraction of sp³-hybridized carbons (Fsp3) is 0.533. The van der Waals surface area contributed by atoms with Crippen molar-refractivity contribution in [3.63, 3.8) is 0 Å². The van der Waals surface area contributed by atoms with Crippen LogP contribution < -0.4 is 15.8 Å². The third-order valence-corrected chi connectivity index (χ3v) is 4.01. The summed E-state index contributed by atoms with van der Waals surface area (Å²) in [5.41, 5.74) is 7.68. The Balaban J connectivity index is 2.19. The summed E-state index contributed by atoms with van der Waals surface area (Å²) in [4.78, 5) is 0.425. The van der Waals surface area contributed by atoms with Gasteiger partial charge in [-0.05, 0) is 30.9 Å². The molecule has 2 rings (SSSR count). The van der Waals surface area contributed by atoms with Crippen LogP contribution in [0.3, 0.4) is 0 Å². The van der Waals surface area contributed by atoms with Crippen LogP contribution in [0.4, 0.5) is 5.69 Å². The number of ether oxygens (including phenoxy) is 1. The standard InChI is InChI=1S/C15H22N2OS/c1-10-4-3-5-11(8-10)17-14-9-12(18-2)6-7-13(14)15(16)19/h6-7,9-11,17H,3-5,8H2,1-2H3,(H2,16,19). The van der Waals surface area contributed by atoms with Crippen molar-refractivity contribution in [1.29, 1.82) is 0 Å². The Morgan fingerprint density at radius 3 is 2.84 bits per heavy atom. The number of nitrogens with two attached hydrogens (primary N) is 1. The predicted molar refractivity (Wildman–Crippen MR) is 83.9 cm³/mol. The van der Waals surface area contributed by atoms with Crippen molar-refractivity contribution in [2.45, 2.75) is 38.6 Å². The lowest BCUT2D eigenvalue weighted by molar-refractivity contribution is 0.358. The molecule has 1 saturated carbocycles. The number of rotatable bonds is 4. The molecule has 0 saturated heterocycles. The molecule has 0 bridgehead atoms. The van der Waals surface area contributed by atoms with Crippen molar-refractivity contribution in [2.75, 3.05) is 12.4 Å². The van der Waals surface area contributed by atoms with Gasteiger partial charge in [-0.2, -0.15) is 0 Å². The van der Waals surface area contributed by atoms with Gasteiger partial charge in [0.05, 0.1) is 7.11 Å². The second kappa shape index (κ2) is 6.24. The van der Waals surface area contributed by atoms with Gasteiger partial charge in [-0.15, -0.1) is 0 Å². The quantitative estimate of drug-likeness (QED) is 0.829. The predicted octanol–water partition coefficient (Wildman–Crippen LogP) is 3.32. The molecule has 0 aromatic heterocycles. The van der Waals surface area contributed by atoms with Gasteiger partial charge < -0.3 is 15.8 Å². The highest BCUT2D eigenvalue weighted by Crippen LogP contribution is 2.29. The highest BCUT2D eigenvalue weighted by atomic mass is 32.1. The lowest BCUT2D eigenvalue weighted by Crippen LogP contribution is -2.27. The molecule has 0 radical (unpaired) electrons. The first-order chi connectivity index (χ1) is 9.10. The molecule has 4 heteroatoms. The molecule has 0 heterocycles. The minimum atomic E-state index is 0.425. The zero-order valence-electron chi connectivity index (χ0n) is 11.6. The topological polar surface area (TPSA) is 47.3 Å². The third-order valence-electron chi connectivity index (χ3n) is 3.79. The molecule has 2 atom stereocenters. The summed E-state index contributed by atoms with van der Waals surface area (Å²) in [6, 6.07) is 6.30. The van der Waals surface area contributed by atoms with Crippen LogP contribution in [0.25, 0.3) is 0 Å². The molecule has 1 aliphatic rings. The van der Waals surface area contributed by atoms with E-state index in [0.29, 0.717) is 11.0 Å². The molecule has 1 aromatic rings. The van der Waals surface area contributed by atoms with Gasteiger partial charge in [-0.3, -0.25) is 0 Å². The summed E-state index contributed by atoms with van der Waals surface area (Å²) in [5, 5.41) is 3.59. The van der Waals surface area contributed by atoms with Gasteiger partial charge in [0.1, 0.15) is 10.7 Å². The maximum atomic E-state index is 5.79. The Morgan fingerprint density at radius 1 is 1.42 bits per heavy atom. The molecule has 1 aliphatic carbocycles.